The van der Waals surface area contributed by atoms with Crippen molar-refractivity contribution >= 4 is 11.6 Å². The molecule has 2 rings (SSSR count). The molecule has 0 aromatic heterocycles. The number of hydrogen-bond donors (Lipinski definition) is 2. The normalized spacial score (nSPS) is 21.2. The Morgan fingerprint density at radius 2 is 2.09 bits per heavy atom. The molecule has 0 bridgehead atoms. The molecular formula is C17H26N2O3. The van der Waals surface area contributed by atoms with Crippen LogP contribution in [0.1, 0.15) is 39.0 Å². The van der Waals surface area contributed by atoms with Gasteiger partial charge in [0.05, 0.1) is 13.7 Å². The fourth-order valence-electron chi connectivity index (χ4n) is 2.96. The van der Waals surface area contributed by atoms with Gasteiger partial charge in [-0.2, -0.15) is 0 Å². The first kappa shape index (κ1) is 16.6. The number of methoxy groups -OCH3 is 1. The summed E-state index contributed by atoms with van der Waals surface area (Å²) in [6.07, 6.45) is 4.89. The molecule has 0 saturated heterocycles. The SMILES string of the molecule is CCOc1ccc(NC(=O)CC2CCCCC2N)cc1OC. The standard InChI is InChI=1S/C17H26N2O3/c1-3-22-15-9-8-13(11-16(15)21-2)19-17(20)10-12-6-4-5-7-14(12)18/h8-9,11-12,14H,3-7,10,18H2,1-2H3,(H,19,20). The number of nitrogens with two attached hydrogens (primary N) is 1. The quantitative estimate of drug-likeness (QED) is 0.847. The molecule has 0 spiro atoms. The molecule has 3 N–H and O–H groups in total. The molecular weight excluding hydrogens is 280 g/mol. The second kappa shape index (κ2) is 8.03. The fraction of sp³-hybridized carbons (Fsp3) is 0.588. The maximum absolute atomic E-state index is 12.2. The van der Waals surface area contributed by atoms with Gasteiger partial charge in [-0.15, -0.1) is 0 Å². The Bertz CT molecular complexity index is 505. The number of benzene rings is 1. The Balaban J connectivity index is 1.96. The van der Waals surface area contributed by atoms with Gasteiger partial charge in [0, 0.05) is 24.2 Å². The summed E-state index contributed by atoms with van der Waals surface area (Å²) in [7, 11) is 1.59. The Hall–Kier alpha value is -1.75. The first-order valence-corrected chi connectivity index (χ1v) is 8.00. The van der Waals surface area contributed by atoms with Crippen LogP contribution in [0.2, 0.25) is 0 Å². The Kier molecular flexibility index (Phi) is 6.07. The maximum atomic E-state index is 12.2. The molecule has 22 heavy (non-hydrogen) atoms. The summed E-state index contributed by atoms with van der Waals surface area (Å²) in [6, 6.07) is 5.56. The number of nitrogens with one attached hydrogen (secondary N) is 1. The van der Waals surface area contributed by atoms with E-state index in [1.54, 1.807) is 13.2 Å². The largest absolute Gasteiger partial charge is 0.493 e. The number of hydrogen-bond acceptors (Lipinski definition) is 4. The van der Waals surface area contributed by atoms with Gasteiger partial charge in [0.2, 0.25) is 5.91 Å². The number of carbonyl (C=O) groups excluding carboxylic acids is 1. The molecule has 5 heteroatoms. The number of amides is 1. The average molecular weight is 306 g/mol. The third-order valence-corrected chi connectivity index (χ3v) is 4.16. The van der Waals surface area contributed by atoms with Crippen molar-refractivity contribution in [3.05, 3.63) is 18.2 Å². The van der Waals surface area contributed by atoms with Crippen molar-refractivity contribution in [2.45, 2.75) is 45.1 Å². The minimum atomic E-state index is 0.00793. The molecule has 1 aliphatic rings. The zero-order chi connectivity index (χ0) is 15.9. The van der Waals surface area contributed by atoms with Crippen LogP contribution in [0.15, 0.2) is 18.2 Å². The van der Waals surface area contributed by atoms with Gasteiger partial charge in [-0.3, -0.25) is 4.79 Å². The fourth-order valence-corrected chi connectivity index (χ4v) is 2.96. The first-order chi connectivity index (χ1) is 10.6. The molecule has 0 heterocycles. The second-order valence-corrected chi connectivity index (χ2v) is 5.76. The minimum Gasteiger partial charge on any atom is -0.493 e. The first-order valence-electron chi connectivity index (χ1n) is 8.00. The van der Waals surface area contributed by atoms with E-state index in [1.807, 2.05) is 19.1 Å². The highest BCUT2D eigenvalue weighted by Gasteiger charge is 2.24. The number of carbonyl (C=O) groups is 1. The summed E-state index contributed by atoms with van der Waals surface area (Å²) >= 11 is 0. The van der Waals surface area contributed by atoms with Gasteiger partial charge < -0.3 is 20.5 Å². The van der Waals surface area contributed by atoms with Crippen molar-refractivity contribution in [1.29, 1.82) is 0 Å². The van der Waals surface area contributed by atoms with Crippen LogP contribution < -0.4 is 20.5 Å². The Labute approximate surface area is 132 Å². The number of ether oxygens (including phenoxy) is 2. The molecule has 0 aliphatic heterocycles. The highest BCUT2D eigenvalue weighted by atomic mass is 16.5. The minimum absolute atomic E-state index is 0.00793. The second-order valence-electron chi connectivity index (χ2n) is 5.76. The predicted molar refractivity (Wildman–Crippen MR) is 87.3 cm³/mol. The average Bonchev–Trinajstić information content (AvgIpc) is 2.51. The summed E-state index contributed by atoms with van der Waals surface area (Å²) in [5, 5.41) is 2.92. The van der Waals surface area contributed by atoms with Crippen LogP contribution in [-0.4, -0.2) is 25.7 Å². The third kappa shape index (κ3) is 4.37. The third-order valence-electron chi connectivity index (χ3n) is 4.16. The molecule has 1 aromatic rings. The monoisotopic (exact) mass is 306 g/mol. The van der Waals surface area contributed by atoms with Crippen molar-refractivity contribution in [2.75, 3.05) is 19.0 Å². The lowest BCUT2D eigenvalue weighted by molar-refractivity contribution is -0.117. The Morgan fingerprint density at radius 3 is 2.77 bits per heavy atom. The van der Waals surface area contributed by atoms with Gasteiger partial charge in [0.15, 0.2) is 11.5 Å². The molecule has 2 atom stereocenters. The molecule has 1 fully saturated rings. The summed E-state index contributed by atoms with van der Waals surface area (Å²) in [6.45, 7) is 2.49. The van der Waals surface area contributed by atoms with E-state index >= 15 is 0 Å². The molecule has 1 amide bonds. The summed E-state index contributed by atoms with van der Waals surface area (Å²) in [4.78, 5) is 12.2. The van der Waals surface area contributed by atoms with Crippen molar-refractivity contribution in [2.24, 2.45) is 11.7 Å². The summed E-state index contributed by atoms with van der Waals surface area (Å²) in [5.41, 5.74) is 6.82. The zero-order valence-electron chi connectivity index (χ0n) is 13.4. The van der Waals surface area contributed by atoms with Gasteiger partial charge in [-0.05, 0) is 37.8 Å². The summed E-state index contributed by atoms with van der Waals surface area (Å²) < 4.78 is 10.8. The lowest BCUT2D eigenvalue weighted by atomic mass is 9.83. The Morgan fingerprint density at radius 1 is 1.32 bits per heavy atom. The van der Waals surface area contributed by atoms with Crippen molar-refractivity contribution in [3.63, 3.8) is 0 Å². The zero-order valence-corrected chi connectivity index (χ0v) is 13.4. The molecule has 2 unspecified atom stereocenters. The molecule has 5 nitrogen and oxygen atoms in total. The van der Waals surface area contributed by atoms with E-state index in [0.717, 1.165) is 18.5 Å². The van der Waals surface area contributed by atoms with Crippen LogP contribution in [0.5, 0.6) is 11.5 Å². The van der Waals surface area contributed by atoms with Crippen LogP contribution in [0.25, 0.3) is 0 Å². The van der Waals surface area contributed by atoms with Crippen molar-refractivity contribution in [3.8, 4) is 11.5 Å². The van der Waals surface area contributed by atoms with Gasteiger partial charge in [0.1, 0.15) is 0 Å². The van der Waals surface area contributed by atoms with Crippen LogP contribution in [0, 0.1) is 5.92 Å². The van der Waals surface area contributed by atoms with Crippen molar-refractivity contribution < 1.29 is 14.3 Å². The van der Waals surface area contributed by atoms with Crippen LogP contribution in [0.3, 0.4) is 0 Å². The van der Waals surface area contributed by atoms with E-state index in [4.69, 9.17) is 15.2 Å². The van der Waals surface area contributed by atoms with Gasteiger partial charge >= 0.3 is 0 Å². The molecule has 1 aromatic carbocycles. The van der Waals surface area contributed by atoms with E-state index in [0.29, 0.717) is 30.4 Å². The lowest BCUT2D eigenvalue weighted by Gasteiger charge is -2.28. The molecule has 122 valence electrons. The van der Waals surface area contributed by atoms with E-state index in [2.05, 4.69) is 5.32 Å². The van der Waals surface area contributed by atoms with Crippen LogP contribution in [-0.2, 0) is 4.79 Å². The van der Waals surface area contributed by atoms with Crippen LogP contribution in [0.4, 0.5) is 5.69 Å². The maximum Gasteiger partial charge on any atom is 0.224 e. The number of rotatable bonds is 6. The summed E-state index contributed by atoms with van der Waals surface area (Å²) in [5.74, 6) is 1.60. The molecule has 0 radical (unpaired) electrons. The van der Waals surface area contributed by atoms with Gasteiger partial charge in [0.25, 0.3) is 0 Å². The predicted octanol–water partition coefficient (Wildman–Crippen LogP) is 2.94. The smallest absolute Gasteiger partial charge is 0.224 e. The highest BCUT2D eigenvalue weighted by molar-refractivity contribution is 5.91. The van der Waals surface area contributed by atoms with Gasteiger partial charge in [-0.25, -0.2) is 0 Å². The topological polar surface area (TPSA) is 73.6 Å². The van der Waals surface area contributed by atoms with E-state index in [1.165, 1.54) is 12.8 Å². The number of anilines is 1. The van der Waals surface area contributed by atoms with Gasteiger partial charge in [-0.1, -0.05) is 12.8 Å². The van der Waals surface area contributed by atoms with Crippen molar-refractivity contribution in [1.82, 2.24) is 0 Å². The van der Waals surface area contributed by atoms with E-state index in [-0.39, 0.29) is 11.9 Å². The molecule has 1 aliphatic carbocycles. The molecule has 1 saturated carbocycles. The van der Waals surface area contributed by atoms with Crippen LogP contribution >= 0.6 is 0 Å². The lowest BCUT2D eigenvalue weighted by Crippen LogP contribution is -2.35. The van der Waals surface area contributed by atoms with E-state index in [9.17, 15) is 4.79 Å². The van der Waals surface area contributed by atoms with E-state index < -0.39 is 0 Å². The highest BCUT2D eigenvalue weighted by Crippen LogP contribution is 2.31.